The number of Topliss-reactive ketones (excluding diaryl/α,β-unsaturated/α-hetero) is 1. The zero-order chi connectivity index (χ0) is 20.6. The van der Waals surface area contributed by atoms with E-state index in [1.807, 2.05) is 19.9 Å². The van der Waals surface area contributed by atoms with Gasteiger partial charge in [0.05, 0.1) is 20.6 Å². The summed E-state index contributed by atoms with van der Waals surface area (Å²) in [5.41, 5.74) is -0.510. The Balaban J connectivity index is 1.97. The van der Waals surface area contributed by atoms with Crippen LogP contribution in [-0.2, 0) is 23.8 Å². The lowest BCUT2D eigenvalue weighted by Gasteiger charge is -2.65. The van der Waals surface area contributed by atoms with E-state index in [4.69, 9.17) is 14.2 Å². The minimum Gasteiger partial charge on any atom is -0.499 e. The van der Waals surface area contributed by atoms with Gasteiger partial charge in [-0.15, -0.1) is 0 Å². The largest absolute Gasteiger partial charge is 0.499 e. The third kappa shape index (κ3) is 2.13. The topological polar surface area (TPSA) is 82.1 Å². The van der Waals surface area contributed by atoms with E-state index >= 15 is 0 Å². The second-order valence-corrected chi connectivity index (χ2v) is 9.36. The summed E-state index contributed by atoms with van der Waals surface area (Å²) in [7, 11) is 3.05. The standard InChI is InChI=1S/C22H30O6/c1-10-7-14(26-5)20(25)22(4)12(10)8-15-21(3)13(9-16(23)28-15)11(2)18(27-6)17(24)19(21)22/h7,10,12-13,15,19-20,25H,8-9H2,1-6H3/t10-,12+,13+,15-,19+,20-,21-,22+/m1/s1. The Hall–Kier alpha value is -1.82. The predicted octanol–water partition coefficient (Wildman–Crippen LogP) is 2.61. The van der Waals surface area contributed by atoms with Crippen molar-refractivity contribution < 1.29 is 28.9 Å². The number of methoxy groups -OCH3 is 2. The molecule has 2 fully saturated rings. The average molecular weight is 390 g/mol. The summed E-state index contributed by atoms with van der Waals surface area (Å²) in [5, 5.41) is 11.3. The maximum Gasteiger partial charge on any atom is 0.306 e. The molecule has 28 heavy (non-hydrogen) atoms. The first-order valence-corrected chi connectivity index (χ1v) is 10.0. The van der Waals surface area contributed by atoms with Crippen LogP contribution >= 0.6 is 0 Å². The Labute approximate surface area is 165 Å². The monoisotopic (exact) mass is 390 g/mol. The van der Waals surface area contributed by atoms with E-state index in [0.29, 0.717) is 17.9 Å². The van der Waals surface area contributed by atoms with Crippen molar-refractivity contribution >= 4 is 11.8 Å². The van der Waals surface area contributed by atoms with Crippen LogP contribution in [0, 0.1) is 34.5 Å². The van der Waals surface area contributed by atoms with Crippen LogP contribution in [0.2, 0.25) is 0 Å². The molecule has 6 heteroatoms. The van der Waals surface area contributed by atoms with Gasteiger partial charge in [-0.2, -0.15) is 0 Å². The normalized spacial score (nSPS) is 47.6. The van der Waals surface area contributed by atoms with Gasteiger partial charge in [-0.25, -0.2) is 0 Å². The molecule has 0 amide bonds. The Bertz CT molecular complexity index is 797. The highest BCUT2D eigenvalue weighted by atomic mass is 16.5. The Morgan fingerprint density at radius 2 is 1.86 bits per heavy atom. The number of rotatable bonds is 2. The number of ether oxygens (including phenoxy) is 3. The van der Waals surface area contributed by atoms with Gasteiger partial charge >= 0.3 is 5.97 Å². The number of ketones is 1. The molecule has 0 aromatic rings. The molecule has 6 nitrogen and oxygen atoms in total. The van der Waals surface area contributed by atoms with Gasteiger partial charge in [-0.05, 0) is 36.8 Å². The van der Waals surface area contributed by atoms with Crippen LogP contribution in [0.3, 0.4) is 0 Å². The molecule has 1 heterocycles. The fourth-order valence-corrected chi connectivity index (χ4v) is 7.03. The van der Waals surface area contributed by atoms with E-state index < -0.39 is 22.9 Å². The third-order valence-corrected chi connectivity index (χ3v) is 8.33. The van der Waals surface area contributed by atoms with Gasteiger partial charge in [0.1, 0.15) is 18.0 Å². The van der Waals surface area contributed by atoms with Crippen LogP contribution < -0.4 is 0 Å². The molecule has 0 bridgehead atoms. The van der Waals surface area contributed by atoms with E-state index in [1.165, 1.54) is 7.11 Å². The van der Waals surface area contributed by atoms with Gasteiger partial charge in [0.25, 0.3) is 0 Å². The molecule has 154 valence electrons. The molecule has 0 unspecified atom stereocenters. The lowest BCUT2D eigenvalue weighted by atomic mass is 9.40. The molecule has 0 spiro atoms. The van der Waals surface area contributed by atoms with Crippen molar-refractivity contribution in [2.24, 2.45) is 34.5 Å². The number of allylic oxidation sites excluding steroid dienone is 3. The van der Waals surface area contributed by atoms with Crippen molar-refractivity contribution in [2.75, 3.05) is 14.2 Å². The van der Waals surface area contributed by atoms with Gasteiger partial charge in [0, 0.05) is 22.7 Å². The highest BCUT2D eigenvalue weighted by molar-refractivity contribution is 5.99. The van der Waals surface area contributed by atoms with Gasteiger partial charge in [-0.1, -0.05) is 20.8 Å². The van der Waals surface area contributed by atoms with Crippen LogP contribution in [0.15, 0.2) is 23.2 Å². The molecule has 0 aromatic heterocycles. The summed E-state index contributed by atoms with van der Waals surface area (Å²) in [6, 6.07) is 0. The molecule has 0 radical (unpaired) electrons. The van der Waals surface area contributed by atoms with Crippen LogP contribution in [0.5, 0.6) is 0 Å². The second-order valence-electron chi connectivity index (χ2n) is 9.36. The van der Waals surface area contributed by atoms with E-state index in [9.17, 15) is 14.7 Å². The van der Waals surface area contributed by atoms with E-state index in [-0.39, 0.29) is 42.0 Å². The minimum absolute atomic E-state index is 0.0171. The minimum atomic E-state index is -0.903. The zero-order valence-electron chi connectivity index (χ0n) is 17.4. The third-order valence-electron chi connectivity index (χ3n) is 8.33. The molecule has 3 aliphatic carbocycles. The summed E-state index contributed by atoms with van der Waals surface area (Å²) in [6.45, 7) is 8.00. The lowest BCUT2D eigenvalue weighted by molar-refractivity contribution is -0.233. The highest BCUT2D eigenvalue weighted by Crippen LogP contribution is 2.67. The Kier molecular flexibility index (Phi) is 4.24. The highest BCUT2D eigenvalue weighted by Gasteiger charge is 2.71. The number of carbonyl (C=O) groups is 2. The van der Waals surface area contributed by atoms with Crippen molar-refractivity contribution in [1.82, 2.24) is 0 Å². The number of esters is 1. The first-order valence-electron chi connectivity index (χ1n) is 10.0. The number of aliphatic hydroxyl groups excluding tert-OH is 1. The molecule has 4 aliphatic rings. The fourth-order valence-electron chi connectivity index (χ4n) is 7.03. The van der Waals surface area contributed by atoms with Crippen molar-refractivity contribution in [3.05, 3.63) is 23.2 Å². The number of fused-ring (bicyclic) bond motifs is 2. The maximum atomic E-state index is 13.7. The molecule has 1 saturated carbocycles. The summed E-state index contributed by atoms with van der Waals surface area (Å²) >= 11 is 0. The van der Waals surface area contributed by atoms with Crippen molar-refractivity contribution in [2.45, 2.75) is 52.7 Å². The zero-order valence-corrected chi connectivity index (χ0v) is 17.4. The number of hydrogen-bond donors (Lipinski definition) is 1. The fraction of sp³-hybridized carbons (Fsp3) is 0.727. The van der Waals surface area contributed by atoms with Crippen LogP contribution in [0.4, 0.5) is 0 Å². The van der Waals surface area contributed by atoms with Gasteiger partial charge in [0.2, 0.25) is 5.78 Å². The molecule has 1 saturated heterocycles. The van der Waals surface area contributed by atoms with Crippen molar-refractivity contribution in [3.63, 3.8) is 0 Å². The lowest BCUT2D eigenvalue weighted by Crippen LogP contribution is -2.70. The molecule has 1 aliphatic heterocycles. The van der Waals surface area contributed by atoms with Gasteiger partial charge in [0.15, 0.2) is 5.76 Å². The van der Waals surface area contributed by atoms with E-state index in [2.05, 4.69) is 13.8 Å². The van der Waals surface area contributed by atoms with Crippen LogP contribution in [0.1, 0.15) is 40.5 Å². The summed E-state index contributed by atoms with van der Waals surface area (Å²) in [4.78, 5) is 26.1. The first-order chi connectivity index (χ1) is 13.1. The molecular weight excluding hydrogens is 360 g/mol. The molecule has 4 rings (SSSR count). The molecule has 8 atom stereocenters. The Morgan fingerprint density at radius 1 is 1.18 bits per heavy atom. The smallest absolute Gasteiger partial charge is 0.306 e. The summed E-state index contributed by atoms with van der Waals surface area (Å²) in [5.74, 6) is -0.0971. The quantitative estimate of drug-likeness (QED) is 0.730. The van der Waals surface area contributed by atoms with Gasteiger partial charge < -0.3 is 19.3 Å². The van der Waals surface area contributed by atoms with Crippen molar-refractivity contribution in [3.8, 4) is 0 Å². The van der Waals surface area contributed by atoms with Crippen molar-refractivity contribution in [1.29, 1.82) is 0 Å². The number of hydrogen-bond acceptors (Lipinski definition) is 6. The van der Waals surface area contributed by atoms with E-state index in [1.54, 1.807) is 7.11 Å². The van der Waals surface area contributed by atoms with E-state index in [0.717, 1.165) is 5.57 Å². The maximum absolute atomic E-state index is 13.7. The summed E-state index contributed by atoms with van der Waals surface area (Å²) < 4.78 is 16.9. The second kappa shape index (κ2) is 6.09. The molecular formula is C22H30O6. The Morgan fingerprint density at radius 3 is 2.46 bits per heavy atom. The summed E-state index contributed by atoms with van der Waals surface area (Å²) in [6.07, 6.45) is 1.54. The predicted molar refractivity (Wildman–Crippen MR) is 101 cm³/mol. The van der Waals surface area contributed by atoms with Crippen LogP contribution in [0.25, 0.3) is 0 Å². The number of aliphatic hydroxyl groups is 1. The SMILES string of the molecule is COC1=C[C@@H](C)[C@@H]2C[C@H]3OC(=O)C[C@H]4C(C)=C(OC)C(=O)[C@@H]([C@@]34C)[C@@]2(C)[C@@H]1O. The molecule has 1 N–H and O–H groups in total. The molecule has 0 aromatic carbocycles. The van der Waals surface area contributed by atoms with Gasteiger partial charge in [-0.3, -0.25) is 9.59 Å². The van der Waals surface area contributed by atoms with Crippen LogP contribution in [-0.4, -0.2) is 43.3 Å². The average Bonchev–Trinajstić information content (AvgIpc) is 2.63. The first kappa shape index (κ1) is 19.5. The number of carbonyl (C=O) groups excluding carboxylic acids is 2.